The van der Waals surface area contributed by atoms with E-state index in [0.29, 0.717) is 17.0 Å². The van der Waals surface area contributed by atoms with E-state index in [-0.39, 0.29) is 12.5 Å². The van der Waals surface area contributed by atoms with Gasteiger partial charge >= 0.3 is 5.97 Å². The minimum Gasteiger partial charge on any atom is -0.452 e. The highest BCUT2D eigenvalue weighted by Gasteiger charge is 2.17. The van der Waals surface area contributed by atoms with Gasteiger partial charge < -0.3 is 14.1 Å². The number of amides is 1. The van der Waals surface area contributed by atoms with Crippen molar-refractivity contribution in [1.82, 2.24) is 0 Å². The molecule has 6 heteroatoms. The normalized spacial score (nSPS) is 11.0. The van der Waals surface area contributed by atoms with Gasteiger partial charge in [0.15, 0.2) is 11.3 Å². The van der Waals surface area contributed by atoms with Gasteiger partial charge in [0.05, 0.1) is 5.69 Å². The molecule has 0 N–H and O–H groups in total. The number of esters is 1. The first kappa shape index (κ1) is 18.9. The number of hydrogen-bond acceptors (Lipinski definition) is 4. The van der Waals surface area contributed by atoms with Gasteiger partial charge in [-0.2, -0.15) is 0 Å². The highest BCUT2D eigenvalue weighted by Crippen LogP contribution is 2.26. The van der Waals surface area contributed by atoms with Gasteiger partial charge in [-0.25, -0.2) is 4.79 Å². The van der Waals surface area contributed by atoms with E-state index >= 15 is 0 Å². The van der Waals surface area contributed by atoms with Crippen LogP contribution in [0, 0.1) is 0 Å². The molecular weight excluding hydrogens is 410 g/mol. The summed E-state index contributed by atoms with van der Waals surface area (Å²) in [5.41, 5.74) is 0.799. The molecule has 0 aliphatic carbocycles. The third-order valence-electron chi connectivity index (χ3n) is 3.99. The van der Waals surface area contributed by atoms with E-state index in [1.54, 1.807) is 17.0 Å². The standard InChI is InChI=1S/C21H18BrNO4/c1-2-23(18-9-5-7-15-6-3-4-8-17(15)18)20(24)14-26-21(25)13-11-16-10-12-19(22)27-16/h3-13H,2,14H2,1H3. The molecule has 1 amide bonds. The van der Waals surface area contributed by atoms with Crippen molar-refractivity contribution in [2.45, 2.75) is 6.92 Å². The summed E-state index contributed by atoms with van der Waals surface area (Å²) >= 11 is 3.19. The van der Waals surface area contributed by atoms with Crippen molar-refractivity contribution in [3.63, 3.8) is 0 Å². The number of carbonyl (C=O) groups is 2. The third kappa shape index (κ3) is 4.65. The van der Waals surface area contributed by atoms with E-state index in [1.807, 2.05) is 49.4 Å². The van der Waals surface area contributed by atoms with Crippen molar-refractivity contribution < 1.29 is 18.7 Å². The van der Waals surface area contributed by atoms with Gasteiger partial charge in [0, 0.05) is 18.0 Å². The predicted molar refractivity (Wildman–Crippen MR) is 108 cm³/mol. The van der Waals surface area contributed by atoms with Crippen LogP contribution in [-0.4, -0.2) is 25.0 Å². The zero-order valence-corrected chi connectivity index (χ0v) is 16.3. The van der Waals surface area contributed by atoms with E-state index < -0.39 is 5.97 Å². The molecule has 0 unspecified atom stereocenters. The van der Waals surface area contributed by atoms with Crippen molar-refractivity contribution in [1.29, 1.82) is 0 Å². The number of fused-ring (bicyclic) bond motifs is 1. The van der Waals surface area contributed by atoms with E-state index in [4.69, 9.17) is 9.15 Å². The second kappa shape index (κ2) is 8.68. The van der Waals surface area contributed by atoms with Crippen molar-refractivity contribution in [3.05, 3.63) is 71.1 Å². The Morgan fingerprint density at radius 3 is 2.63 bits per heavy atom. The van der Waals surface area contributed by atoms with Crippen molar-refractivity contribution in [2.75, 3.05) is 18.1 Å². The molecule has 0 spiro atoms. The molecule has 27 heavy (non-hydrogen) atoms. The average molecular weight is 428 g/mol. The van der Waals surface area contributed by atoms with Crippen LogP contribution in [-0.2, 0) is 14.3 Å². The van der Waals surface area contributed by atoms with E-state index in [0.717, 1.165) is 16.5 Å². The van der Waals surface area contributed by atoms with Crippen LogP contribution < -0.4 is 4.90 Å². The molecule has 0 aliphatic heterocycles. The van der Waals surface area contributed by atoms with Crippen molar-refractivity contribution in [2.24, 2.45) is 0 Å². The molecule has 3 rings (SSSR count). The first-order chi connectivity index (χ1) is 13.1. The van der Waals surface area contributed by atoms with E-state index in [9.17, 15) is 9.59 Å². The number of hydrogen-bond donors (Lipinski definition) is 0. The molecule has 1 aromatic heterocycles. The molecule has 138 valence electrons. The average Bonchev–Trinajstić information content (AvgIpc) is 3.11. The van der Waals surface area contributed by atoms with Gasteiger partial charge in [-0.1, -0.05) is 36.4 Å². The summed E-state index contributed by atoms with van der Waals surface area (Å²) in [7, 11) is 0. The number of likely N-dealkylation sites (N-methyl/N-ethyl adjacent to an activating group) is 1. The number of benzene rings is 2. The van der Waals surface area contributed by atoms with Crippen molar-refractivity contribution >= 4 is 50.3 Å². The predicted octanol–water partition coefficient (Wildman–Crippen LogP) is 4.80. The fraction of sp³-hybridized carbons (Fsp3) is 0.143. The molecule has 0 fully saturated rings. The molecule has 0 aliphatic rings. The lowest BCUT2D eigenvalue weighted by molar-refractivity contribution is -0.142. The molecular formula is C21H18BrNO4. The van der Waals surface area contributed by atoms with Crippen LogP contribution in [0.1, 0.15) is 12.7 Å². The number of nitrogens with zero attached hydrogens (tertiary/aromatic N) is 1. The maximum absolute atomic E-state index is 12.6. The summed E-state index contributed by atoms with van der Waals surface area (Å²) in [5.74, 6) is -0.378. The smallest absolute Gasteiger partial charge is 0.331 e. The molecule has 2 aromatic carbocycles. The van der Waals surface area contributed by atoms with E-state index in [2.05, 4.69) is 15.9 Å². The second-order valence-corrected chi connectivity index (χ2v) is 6.50. The summed E-state index contributed by atoms with van der Waals surface area (Å²) < 4.78 is 10.9. The van der Waals surface area contributed by atoms with Crippen LogP contribution in [0.15, 0.2) is 69.8 Å². The Bertz CT molecular complexity index is 987. The quantitative estimate of drug-likeness (QED) is 0.418. The SMILES string of the molecule is CCN(C(=O)COC(=O)C=Cc1ccc(Br)o1)c1cccc2ccccc12. The number of ether oxygens (including phenoxy) is 1. The molecule has 0 bridgehead atoms. The number of halogens is 1. The Morgan fingerprint density at radius 1 is 1.11 bits per heavy atom. The lowest BCUT2D eigenvalue weighted by Gasteiger charge is -2.22. The fourth-order valence-electron chi connectivity index (χ4n) is 2.75. The number of rotatable bonds is 6. The van der Waals surface area contributed by atoms with Gasteiger partial charge in [0.25, 0.3) is 5.91 Å². The molecule has 3 aromatic rings. The van der Waals surface area contributed by atoms with E-state index in [1.165, 1.54) is 12.2 Å². The van der Waals surface area contributed by atoms with Gasteiger partial charge in [0.1, 0.15) is 5.76 Å². The summed E-state index contributed by atoms with van der Waals surface area (Å²) in [6, 6.07) is 17.1. The lowest BCUT2D eigenvalue weighted by Crippen LogP contribution is -2.34. The van der Waals surface area contributed by atoms with Crippen LogP contribution in [0.25, 0.3) is 16.8 Å². The van der Waals surface area contributed by atoms with Gasteiger partial charge in [-0.05, 0) is 52.5 Å². The Morgan fingerprint density at radius 2 is 1.89 bits per heavy atom. The van der Waals surface area contributed by atoms with Crippen LogP contribution in [0.4, 0.5) is 5.69 Å². The summed E-state index contributed by atoms with van der Waals surface area (Å²) in [6.07, 6.45) is 2.71. The minimum atomic E-state index is -0.607. The highest BCUT2D eigenvalue weighted by atomic mass is 79.9. The van der Waals surface area contributed by atoms with Gasteiger partial charge in [-0.15, -0.1) is 0 Å². The molecule has 0 atom stereocenters. The summed E-state index contributed by atoms with van der Waals surface area (Å²) in [6.45, 7) is 2.03. The van der Waals surface area contributed by atoms with Crippen LogP contribution >= 0.6 is 15.9 Å². The molecule has 0 saturated carbocycles. The summed E-state index contributed by atoms with van der Waals surface area (Å²) in [4.78, 5) is 26.1. The van der Waals surface area contributed by atoms with Gasteiger partial charge in [-0.3, -0.25) is 4.79 Å². The number of anilines is 1. The zero-order valence-electron chi connectivity index (χ0n) is 14.7. The largest absolute Gasteiger partial charge is 0.452 e. The molecule has 1 heterocycles. The van der Waals surface area contributed by atoms with Crippen LogP contribution in [0.2, 0.25) is 0 Å². The second-order valence-electron chi connectivity index (χ2n) is 5.72. The zero-order chi connectivity index (χ0) is 19.2. The van der Waals surface area contributed by atoms with Gasteiger partial charge in [0.2, 0.25) is 0 Å². The Hall–Kier alpha value is -2.86. The molecule has 5 nitrogen and oxygen atoms in total. The maximum Gasteiger partial charge on any atom is 0.331 e. The maximum atomic E-state index is 12.6. The van der Waals surface area contributed by atoms with Crippen molar-refractivity contribution in [3.8, 4) is 0 Å². The Kier molecular flexibility index (Phi) is 6.08. The van der Waals surface area contributed by atoms with Crippen LogP contribution in [0.3, 0.4) is 0 Å². The highest BCUT2D eigenvalue weighted by molar-refractivity contribution is 9.10. The first-order valence-electron chi connectivity index (χ1n) is 8.47. The molecule has 0 radical (unpaired) electrons. The summed E-state index contributed by atoms with van der Waals surface area (Å²) in [5, 5.41) is 2.02. The fourth-order valence-corrected chi connectivity index (χ4v) is 3.07. The van der Waals surface area contributed by atoms with Crippen LogP contribution in [0.5, 0.6) is 0 Å². The first-order valence-corrected chi connectivity index (χ1v) is 9.26. The topological polar surface area (TPSA) is 59.8 Å². The minimum absolute atomic E-state index is 0.281. The third-order valence-corrected chi connectivity index (χ3v) is 4.42. The number of furan rings is 1. The number of carbonyl (C=O) groups excluding carboxylic acids is 2. The lowest BCUT2D eigenvalue weighted by atomic mass is 10.1. The molecule has 0 saturated heterocycles. The Balaban J connectivity index is 1.66. The monoisotopic (exact) mass is 427 g/mol. The Labute approximate surface area is 165 Å².